The summed E-state index contributed by atoms with van der Waals surface area (Å²) in [6, 6.07) is 5.69. The number of aryl methyl sites for hydroxylation is 2. The van der Waals surface area contributed by atoms with Gasteiger partial charge in [-0.25, -0.2) is 0 Å². The highest BCUT2D eigenvalue weighted by Crippen LogP contribution is 2.03. The zero-order valence-corrected chi connectivity index (χ0v) is 10.0. The Hall–Kier alpha value is -1.36. The van der Waals surface area contributed by atoms with Gasteiger partial charge in [0.25, 0.3) is 0 Å². The van der Waals surface area contributed by atoms with Crippen LogP contribution in [0.2, 0.25) is 0 Å². The third-order valence-corrected chi connectivity index (χ3v) is 1.35. The van der Waals surface area contributed by atoms with Gasteiger partial charge in [-0.3, -0.25) is 4.98 Å². The molecule has 0 aliphatic heterocycles. The predicted molar refractivity (Wildman–Crippen MR) is 61.1 cm³/mol. The van der Waals surface area contributed by atoms with E-state index in [1.54, 1.807) is 6.07 Å². The lowest BCUT2D eigenvalue weighted by molar-refractivity contribution is 1.11. The summed E-state index contributed by atoms with van der Waals surface area (Å²) < 4.78 is 0. The highest BCUT2D eigenvalue weighted by Gasteiger charge is 1.95. The molecule has 0 saturated heterocycles. The fourth-order valence-corrected chi connectivity index (χ4v) is 0.805. The van der Waals surface area contributed by atoms with Crippen molar-refractivity contribution >= 4 is 0 Å². The predicted octanol–water partition coefficient (Wildman–Crippen LogP) is 3.62. The van der Waals surface area contributed by atoms with E-state index in [1.165, 1.54) is 0 Å². The number of pyridine rings is 1. The number of rotatable bonds is 0. The molecule has 0 aliphatic rings. The van der Waals surface area contributed by atoms with Crippen molar-refractivity contribution in [1.82, 2.24) is 4.98 Å². The Labute approximate surface area is 87.6 Å². The highest BCUT2D eigenvalue weighted by atomic mass is 14.7. The van der Waals surface area contributed by atoms with Crippen molar-refractivity contribution in [2.75, 3.05) is 0 Å². The Morgan fingerprint density at radius 1 is 1.07 bits per heavy atom. The second-order valence-corrected chi connectivity index (χ2v) is 2.20. The van der Waals surface area contributed by atoms with Crippen molar-refractivity contribution in [2.24, 2.45) is 0 Å². The summed E-state index contributed by atoms with van der Waals surface area (Å²) >= 11 is 0. The van der Waals surface area contributed by atoms with Crippen molar-refractivity contribution in [2.45, 2.75) is 41.5 Å². The molecule has 0 N–H and O–H groups in total. The molecule has 0 radical (unpaired) electrons. The molecule has 0 spiro atoms. The van der Waals surface area contributed by atoms with E-state index >= 15 is 0 Å². The molecule has 0 aromatic carbocycles. The van der Waals surface area contributed by atoms with Crippen LogP contribution in [0.4, 0.5) is 0 Å². The summed E-state index contributed by atoms with van der Waals surface area (Å²) in [4.78, 5) is 4.12. The quantitative estimate of drug-likeness (QED) is 0.629. The van der Waals surface area contributed by atoms with Crippen LogP contribution in [0, 0.1) is 25.2 Å². The number of hydrogen-bond donors (Lipinski definition) is 0. The summed E-state index contributed by atoms with van der Waals surface area (Å²) in [6.07, 6.45) is 0. The van der Waals surface area contributed by atoms with E-state index < -0.39 is 0 Å². The van der Waals surface area contributed by atoms with Gasteiger partial charge in [0, 0.05) is 5.69 Å². The van der Waals surface area contributed by atoms with Crippen LogP contribution in [-0.2, 0) is 0 Å². The van der Waals surface area contributed by atoms with E-state index in [-0.39, 0.29) is 0 Å². The average Bonchev–Trinajstić information content (AvgIpc) is 2.24. The lowest BCUT2D eigenvalue weighted by Gasteiger charge is -1.95. The van der Waals surface area contributed by atoms with Crippen molar-refractivity contribution in [3.63, 3.8) is 0 Å². The third-order valence-electron chi connectivity index (χ3n) is 1.35. The molecule has 1 aromatic rings. The van der Waals surface area contributed by atoms with Gasteiger partial charge in [0.1, 0.15) is 6.07 Å². The summed E-state index contributed by atoms with van der Waals surface area (Å²) in [5, 5.41) is 8.52. The molecule has 14 heavy (non-hydrogen) atoms. The first-order valence-corrected chi connectivity index (χ1v) is 5.08. The van der Waals surface area contributed by atoms with E-state index in [0.29, 0.717) is 5.56 Å². The van der Waals surface area contributed by atoms with Crippen molar-refractivity contribution < 1.29 is 0 Å². The maximum atomic E-state index is 8.52. The topological polar surface area (TPSA) is 36.7 Å². The van der Waals surface area contributed by atoms with Gasteiger partial charge in [-0.2, -0.15) is 5.26 Å². The van der Waals surface area contributed by atoms with E-state index in [0.717, 1.165) is 11.4 Å². The van der Waals surface area contributed by atoms with Crippen molar-refractivity contribution in [1.29, 1.82) is 5.26 Å². The van der Waals surface area contributed by atoms with Gasteiger partial charge in [-0.15, -0.1) is 0 Å². The van der Waals surface area contributed by atoms with Crippen LogP contribution in [0.3, 0.4) is 0 Å². The van der Waals surface area contributed by atoms with E-state index in [1.807, 2.05) is 47.6 Å². The number of nitrogens with zero attached hydrogens (tertiary/aromatic N) is 2. The minimum Gasteiger partial charge on any atom is -0.257 e. The minimum absolute atomic E-state index is 0.658. The fourth-order valence-electron chi connectivity index (χ4n) is 0.805. The molecule has 0 unspecified atom stereocenters. The van der Waals surface area contributed by atoms with Gasteiger partial charge in [0.2, 0.25) is 0 Å². The van der Waals surface area contributed by atoms with Crippen LogP contribution in [0.15, 0.2) is 12.1 Å². The van der Waals surface area contributed by atoms with Gasteiger partial charge in [-0.05, 0) is 26.0 Å². The molecule has 0 saturated carbocycles. The van der Waals surface area contributed by atoms with E-state index in [2.05, 4.69) is 11.1 Å². The lowest BCUT2D eigenvalue weighted by atomic mass is 10.2. The summed E-state index contributed by atoms with van der Waals surface area (Å²) in [7, 11) is 0. The number of hydrogen-bond acceptors (Lipinski definition) is 2. The zero-order chi connectivity index (χ0) is 11.6. The fraction of sp³-hybridized carbons (Fsp3) is 0.500. The molecule has 0 aliphatic carbocycles. The van der Waals surface area contributed by atoms with Crippen LogP contribution in [-0.4, -0.2) is 4.98 Å². The molecular formula is C12H20N2. The van der Waals surface area contributed by atoms with Gasteiger partial charge in [0.05, 0.1) is 11.3 Å². The summed E-state index contributed by atoms with van der Waals surface area (Å²) in [5.41, 5.74) is 2.42. The second kappa shape index (κ2) is 9.73. The highest BCUT2D eigenvalue weighted by molar-refractivity contribution is 5.32. The summed E-state index contributed by atoms with van der Waals surface area (Å²) in [6.45, 7) is 11.7. The van der Waals surface area contributed by atoms with E-state index in [4.69, 9.17) is 5.26 Å². The summed E-state index contributed by atoms with van der Waals surface area (Å²) in [5.74, 6) is 0. The zero-order valence-electron chi connectivity index (χ0n) is 10.0. The molecule has 1 heterocycles. The first-order chi connectivity index (χ1) is 6.74. The van der Waals surface area contributed by atoms with Crippen LogP contribution in [0.25, 0.3) is 0 Å². The molecule has 78 valence electrons. The molecule has 0 fully saturated rings. The molecule has 2 nitrogen and oxygen atoms in total. The third kappa shape index (κ3) is 5.31. The largest absolute Gasteiger partial charge is 0.257 e. The maximum absolute atomic E-state index is 8.52. The van der Waals surface area contributed by atoms with Crippen LogP contribution < -0.4 is 0 Å². The molecule has 0 amide bonds. The second-order valence-electron chi connectivity index (χ2n) is 2.20. The Bertz CT molecular complexity index is 285. The van der Waals surface area contributed by atoms with Crippen LogP contribution >= 0.6 is 0 Å². The Morgan fingerprint density at radius 2 is 1.57 bits per heavy atom. The molecule has 0 bridgehead atoms. The minimum atomic E-state index is 0.658. The van der Waals surface area contributed by atoms with E-state index in [9.17, 15) is 0 Å². The van der Waals surface area contributed by atoms with Crippen LogP contribution in [0.5, 0.6) is 0 Å². The first-order valence-electron chi connectivity index (χ1n) is 5.08. The van der Waals surface area contributed by atoms with Gasteiger partial charge in [-0.1, -0.05) is 27.7 Å². The van der Waals surface area contributed by atoms with Crippen LogP contribution in [0.1, 0.15) is 44.6 Å². The number of aromatic nitrogens is 1. The molecule has 1 aromatic heterocycles. The Morgan fingerprint density at radius 3 is 1.93 bits per heavy atom. The maximum Gasteiger partial charge on any atom is 0.101 e. The first kappa shape index (κ1) is 15.1. The Kier molecular flexibility index (Phi) is 10.5. The monoisotopic (exact) mass is 192 g/mol. The molecular weight excluding hydrogens is 172 g/mol. The SMILES string of the molecule is CC.CC.Cc1ccc(C#N)c(C)n1. The number of nitriles is 1. The normalized spacial score (nSPS) is 7.21. The Balaban J connectivity index is 0. The van der Waals surface area contributed by atoms with Gasteiger partial charge in [0.15, 0.2) is 0 Å². The molecule has 0 atom stereocenters. The smallest absolute Gasteiger partial charge is 0.101 e. The van der Waals surface area contributed by atoms with Gasteiger partial charge >= 0.3 is 0 Å². The van der Waals surface area contributed by atoms with Crippen molar-refractivity contribution in [3.05, 3.63) is 29.1 Å². The average molecular weight is 192 g/mol. The lowest BCUT2D eigenvalue weighted by Crippen LogP contribution is -1.88. The van der Waals surface area contributed by atoms with Crippen molar-refractivity contribution in [3.8, 4) is 6.07 Å². The molecule has 2 heteroatoms. The van der Waals surface area contributed by atoms with Gasteiger partial charge < -0.3 is 0 Å². The molecule has 1 rings (SSSR count). The standard InChI is InChI=1S/C8H8N2.2C2H6/c1-6-3-4-8(5-9)7(2)10-6;2*1-2/h3-4H,1-2H3;2*1-2H3.